The van der Waals surface area contributed by atoms with Gasteiger partial charge in [0.15, 0.2) is 5.69 Å². The summed E-state index contributed by atoms with van der Waals surface area (Å²) in [5.74, 6) is -2.63. The number of carbonyl (C=O) groups is 2. The molecule has 3 rings (SSSR count). The summed E-state index contributed by atoms with van der Waals surface area (Å²) in [5.41, 5.74) is -0.976. The molecule has 0 radical (unpaired) electrons. The summed E-state index contributed by atoms with van der Waals surface area (Å²) in [6.07, 6.45) is -0.457. The Kier molecular flexibility index (Phi) is 8.60. The molecular formula is C25H26Cl2FN3O5. The van der Waals surface area contributed by atoms with E-state index in [0.717, 1.165) is 4.68 Å². The van der Waals surface area contributed by atoms with E-state index in [1.165, 1.54) is 42.5 Å². The fourth-order valence-corrected chi connectivity index (χ4v) is 3.73. The molecule has 0 spiro atoms. The van der Waals surface area contributed by atoms with Crippen LogP contribution in [0.25, 0.3) is 5.69 Å². The average Bonchev–Trinajstić information content (AvgIpc) is 3.21. The summed E-state index contributed by atoms with van der Waals surface area (Å²) in [6.45, 7) is 5.09. The standard InChI is InChI=1S/C25H26Cl2FN3O5/c1-14(2)25(3,35)13-36-22-11-20(30-31(22)21-7-5-4-6-18(21)28)24(34)29-19(12-23(32)33)16-9-8-15(26)10-17(16)27/h4-11,14,19,35H,12-13H2,1-3H3,(H,29,34)(H,32,33)/t19-,25-/m0/s1. The minimum absolute atomic E-state index is 0.0190. The smallest absolute Gasteiger partial charge is 0.305 e. The zero-order valence-electron chi connectivity index (χ0n) is 19.8. The van der Waals surface area contributed by atoms with Crippen molar-refractivity contribution in [1.29, 1.82) is 0 Å². The van der Waals surface area contributed by atoms with E-state index in [0.29, 0.717) is 10.6 Å². The number of aromatic nitrogens is 2. The molecule has 1 heterocycles. The van der Waals surface area contributed by atoms with Crippen molar-refractivity contribution in [3.63, 3.8) is 0 Å². The van der Waals surface area contributed by atoms with Crippen LogP contribution < -0.4 is 10.1 Å². The Morgan fingerprint density at radius 2 is 1.89 bits per heavy atom. The lowest BCUT2D eigenvalue weighted by Gasteiger charge is -2.27. The SMILES string of the molecule is CC(C)[C@@](C)(O)COc1cc(C(=O)N[C@@H](CC(=O)O)c2ccc(Cl)cc2Cl)nn1-c1ccccc1F. The lowest BCUT2D eigenvalue weighted by atomic mass is 9.94. The molecule has 0 fully saturated rings. The Labute approximate surface area is 217 Å². The van der Waals surface area contributed by atoms with Crippen molar-refractivity contribution in [3.05, 3.63) is 75.7 Å². The Balaban J connectivity index is 1.96. The number of hydrogen-bond acceptors (Lipinski definition) is 5. The number of para-hydroxylation sites is 1. The first-order chi connectivity index (χ1) is 16.9. The van der Waals surface area contributed by atoms with Crippen molar-refractivity contribution in [3.8, 4) is 11.6 Å². The Morgan fingerprint density at radius 3 is 2.50 bits per heavy atom. The molecule has 0 saturated heterocycles. The maximum Gasteiger partial charge on any atom is 0.305 e. The van der Waals surface area contributed by atoms with Gasteiger partial charge < -0.3 is 20.3 Å². The zero-order chi connectivity index (χ0) is 26.6. The summed E-state index contributed by atoms with van der Waals surface area (Å²) in [6, 6.07) is 10.6. The molecule has 0 bridgehead atoms. The van der Waals surface area contributed by atoms with Crippen LogP contribution in [-0.4, -0.2) is 44.1 Å². The highest BCUT2D eigenvalue weighted by Crippen LogP contribution is 2.29. The summed E-state index contributed by atoms with van der Waals surface area (Å²) in [7, 11) is 0. The van der Waals surface area contributed by atoms with Crippen LogP contribution in [0.3, 0.4) is 0 Å². The topological polar surface area (TPSA) is 114 Å². The van der Waals surface area contributed by atoms with Crippen molar-refractivity contribution in [2.24, 2.45) is 5.92 Å². The molecule has 192 valence electrons. The van der Waals surface area contributed by atoms with Gasteiger partial charge in [0.1, 0.15) is 18.1 Å². The van der Waals surface area contributed by atoms with Crippen LogP contribution >= 0.6 is 23.2 Å². The number of nitrogens with one attached hydrogen (secondary N) is 1. The number of carboxylic acids is 1. The van der Waals surface area contributed by atoms with Gasteiger partial charge in [-0.2, -0.15) is 9.78 Å². The van der Waals surface area contributed by atoms with E-state index in [1.807, 2.05) is 13.8 Å². The normalized spacial score (nSPS) is 13.8. The van der Waals surface area contributed by atoms with Gasteiger partial charge in [-0.15, -0.1) is 0 Å². The summed E-state index contributed by atoms with van der Waals surface area (Å²) in [5, 5.41) is 27.3. The second kappa shape index (κ2) is 11.3. The molecule has 0 saturated carbocycles. The van der Waals surface area contributed by atoms with E-state index < -0.39 is 35.8 Å². The van der Waals surface area contributed by atoms with Gasteiger partial charge in [-0.1, -0.05) is 55.2 Å². The largest absolute Gasteiger partial charge is 0.481 e. The number of aliphatic carboxylic acids is 1. The molecule has 8 nitrogen and oxygen atoms in total. The first-order valence-electron chi connectivity index (χ1n) is 11.1. The van der Waals surface area contributed by atoms with E-state index in [9.17, 15) is 24.2 Å². The molecule has 2 aromatic carbocycles. The molecule has 3 N–H and O–H groups in total. The predicted octanol–water partition coefficient (Wildman–Crippen LogP) is 5.05. The van der Waals surface area contributed by atoms with Gasteiger partial charge in [0.25, 0.3) is 5.91 Å². The van der Waals surface area contributed by atoms with Gasteiger partial charge in [0.2, 0.25) is 5.88 Å². The molecule has 0 unspecified atom stereocenters. The average molecular weight is 538 g/mol. The molecule has 0 aliphatic carbocycles. The maximum atomic E-state index is 14.6. The highest BCUT2D eigenvalue weighted by molar-refractivity contribution is 6.35. The van der Waals surface area contributed by atoms with Gasteiger partial charge >= 0.3 is 5.97 Å². The van der Waals surface area contributed by atoms with Crippen LogP contribution in [0.1, 0.15) is 49.3 Å². The van der Waals surface area contributed by atoms with Crippen molar-refractivity contribution in [1.82, 2.24) is 15.1 Å². The lowest BCUT2D eigenvalue weighted by Crippen LogP contribution is -2.38. The Morgan fingerprint density at radius 1 is 1.19 bits per heavy atom. The molecule has 0 aliphatic heterocycles. The minimum Gasteiger partial charge on any atom is -0.481 e. The number of amides is 1. The molecular weight excluding hydrogens is 512 g/mol. The van der Waals surface area contributed by atoms with E-state index in [1.54, 1.807) is 13.0 Å². The highest BCUT2D eigenvalue weighted by atomic mass is 35.5. The van der Waals surface area contributed by atoms with Gasteiger partial charge in [0, 0.05) is 16.1 Å². The van der Waals surface area contributed by atoms with E-state index in [2.05, 4.69) is 10.4 Å². The second-order valence-electron chi connectivity index (χ2n) is 8.82. The quantitative estimate of drug-likeness (QED) is 0.333. The lowest BCUT2D eigenvalue weighted by molar-refractivity contribution is -0.137. The summed E-state index contributed by atoms with van der Waals surface area (Å²) >= 11 is 12.2. The first-order valence-corrected chi connectivity index (χ1v) is 11.8. The van der Waals surface area contributed by atoms with Gasteiger partial charge in [-0.05, 0) is 42.7 Å². The number of hydrogen-bond donors (Lipinski definition) is 3. The van der Waals surface area contributed by atoms with Crippen LogP contribution in [0.4, 0.5) is 4.39 Å². The Hall–Kier alpha value is -3.14. The number of carboxylic acid groups (broad SMARTS) is 1. The van der Waals surface area contributed by atoms with Crippen LogP contribution in [0.5, 0.6) is 5.88 Å². The van der Waals surface area contributed by atoms with Gasteiger partial charge in [0.05, 0.1) is 18.1 Å². The molecule has 1 aromatic heterocycles. The minimum atomic E-state index is -1.20. The van der Waals surface area contributed by atoms with Crippen LogP contribution in [0, 0.1) is 11.7 Å². The van der Waals surface area contributed by atoms with Crippen molar-refractivity contribution in [2.75, 3.05) is 6.61 Å². The molecule has 3 aromatic rings. The highest BCUT2D eigenvalue weighted by Gasteiger charge is 2.28. The number of rotatable bonds is 10. The zero-order valence-corrected chi connectivity index (χ0v) is 21.3. The predicted molar refractivity (Wildman–Crippen MR) is 133 cm³/mol. The number of ether oxygens (including phenoxy) is 1. The monoisotopic (exact) mass is 537 g/mol. The van der Waals surface area contributed by atoms with E-state index in [4.69, 9.17) is 27.9 Å². The third-order valence-electron chi connectivity index (χ3n) is 5.77. The number of halogens is 3. The van der Waals surface area contributed by atoms with Crippen molar-refractivity contribution >= 4 is 35.1 Å². The number of benzene rings is 2. The Bertz CT molecular complexity index is 1260. The van der Waals surface area contributed by atoms with Crippen LogP contribution in [0.2, 0.25) is 10.0 Å². The number of carbonyl (C=O) groups excluding carboxylic acids is 1. The molecule has 11 heteroatoms. The van der Waals surface area contributed by atoms with E-state index >= 15 is 0 Å². The summed E-state index contributed by atoms with van der Waals surface area (Å²) in [4.78, 5) is 24.6. The van der Waals surface area contributed by atoms with Crippen molar-refractivity contribution < 1.29 is 28.9 Å². The van der Waals surface area contributed by atoms with E-state index in [-0.39, 0.29) is 34.8 Å². The third kappa shape index (κ3) is 6.54. The number of aliphatic hydroxyl groups is 1. The summed E-state index contributed by atoms with van der Waals surface area (Å²) < 4.78 is 21.4. The fourth-order valence-electron chi connectivity index (χ4n) is 3.19. The molecule has 2 atom stereocenters. The third-order valence-corrected chi connectivity index (χ3v) is 6.33. The second-order valence-corrected chi connectivity index (χ2v) is 9.66. The van der Waals surface area contributed by atoms with Crippen LogP contribution in [-0.2, 0) is 4.79 Å². The van der Waals surface area contributed by atoms with Gasteiger partial charge in [-0.25, -0.2) is 4.39 Å². The van der Waals surface area contributed by atoms with Crippen molar-refractivity contribution in [2.45, 2.75) is 38.8 Å². The first kappa shape index (κ1) is 27.4. The molecule has 0 aliphatic rings. The number of nitrogens with zero attached hydrogens (tertiary/aromatic N) is 2. The van der Waals surface area contributed by atoms with Crippen LogP contribution in [0.15, 0.2) is 48.5 Å². The maximum absolute atomic E-state index is 14.6. The molecule has 1 amide bonds. The molecule has 36 heavy (non-hydrogen) atoms. The van der Waals surface area contributed by atoms with Gasteiger partial charge in [-0.3, -0.25) is 9.59 Å². The fraction of sp³-hybridized carbons (Fsp3) is 0.320.